The zero-order valence-corrected chi connectivity index (χ0v) is 14.9. The van der Waals surface area contributed by atoms with Crippen molar-refractivity contribution in [3.05, 3.63) is 69.8 Å². The molecule has 1 aliphatic rings. The molecule has 0 bridgehead atoms. The van der Waals surface area contributed by atoms with Crippen molar-refractivity contribution in [3.8, 4) is 6.07 Å². The molecule has 0 saturated carbocycles. The fourth-order valence-corrected chi connectivity index (χ4v) is 3.03. The van der Waals surface area contributed by atoms with Crippen molar-refractivity contribution < 1.29 is 19.2 Å². The summed E-state index contributed by atoms with van der Waals surface area (Å²) in [4.78, 5) is 36.5. The summed E-state index contributed by atoms with van der Waals surface area (Å²) in [7, 11) is 0. The number of carbonyl (C=O) groups excluding carboxylic acids is 2. The molecule has 8 nitrogen and oxygen atoms in total. The summed E-state index contributed by atoms with van der Waals surface area (Å²) < 4.78 is 4.93. The maximum absolute atomic E-state index is 13.1. The van der Waals surface area contributed by atoms with Crippen molar-refractivity contribution in [1.29, 1.82) is 5.26 Å². The molecular weight excluding hydrogens is 362 g/mol. The van der Waals surface area contributed by atoms with Crippen LogP contribution in [0, 0.1) is 21.4 Å². The van der Waals surface area contributed by atoms with Gasteiger partial charge in [-0.2, -0.15) is 5.26 Å². The maximum Gasteiger partial charge on any atom is 0.326 e. The SMILES string of the molecule is CCOC(=O)CN1C(=O)/C(=C(\C#N)c2ccc([N+](=O)[O-])cc2)c2ccccc21. The second-order valence-corrected chi connectivity index (χ2v) is 5.88. The monoisotopic (exact) mass is 377 g/mol. The lowest BCUT2D eigenvalue weighted by Crippen LogP contribution is -2.33. The van der Waals surface area contributed by atoms with Crippen LogP contribution in [0.5, 0.6) is 0 Å². The van der Waals surface area contributed by atoms with Crippen molar-refractivity contribution in [2.45, 2.75) is 6.92 Å². The molecule has 0 radical (unpaired) electrons. The lowest BCUT2D eigenvalue weighted by Gasteiger charge is -2.15. The first-order valence-electron chi connectivity index (χ1n) is 8.44. The van der Waals surface area contributed by atoms with Gasteiger partial charge in [0.15, 0.2) is 0 Å². The van der Waals surface area contributed by atoms with E-state index < -0.39 is 16.8 Å². The minimum Gasteiger partial charge on any atom is -0.465 e. The van der Waals surface area contributed by atoms with E-state index in [4.69, 9.17) is 4.74 Å². The van der Waals surface area contributed by atoms with Crippen molar-refractivity contribution in [1.82, 2.24) is 0 Å². The van der Waals surface area contributed by atoms with Crippen LogP contribution in [-0.4, -0.2) is 30.0 Å². The van der Waals surface area contributed by atoms with Gasteiger partial charge < -0.3 is 4.74 Å². The Bertz CT molecular complexity index is 1030. The molecule has 0 unspecified atom stereocenters. The Balaban J connectivity index is 2.11. The van der Waals surface area contributed by atoms with Crippen molar-refractivity contribution >= 4 is 34.4 Å². The molecule has 3 rings (SSSR count). The van der Waals surface area contributed by atoms with Crippen LogP contribution in [0.25, 0.3) is 11.1 Å². The average Bonchev–Trinajstić information content (AvgIpc) is 2.96. The summed E-state index contributed by atoms with van der Waals surface area (Å²) in [5.74, 6) is -1.05. The third kappa shape index (κ3) is 3.33. The van der Waals surface area contributed by atoms with Crippen molar-refractivity contribution in [3.63, 3.8) is 0 Å². The fourth-order valence-electron chi connectivity index (χ4n) is 3.03. The molecule has 0 aliphatic carbocycles. The standard InChI is InChI=1S/C20H15N3O5/c1-2-28-18(24)12-22-17-6-4-3-5-15(17)19(20(22)25)16(11-21)13-7-9-14(10-8-13)23(26)27/h3-10H,2,12H2,1H3/b19-16+. The highest BCUT2D eigenvalue weighted by Crippen LogP contribution is 2.40. The molecule has 0 spiro atoms. The normalized spacial score (nSPS) is 14.3. The number of allylic oxidation sites excluding steroid dienone is 1. The number of rotatable bonds is 5. The van der Waals surface area contributed by atoms with E-state index in [0.717, 1.165) is 0 Å². The summed E-state index contributed by atoms with van der Waals surface area (Å²) in [5, 5.41) is 20.6. The van der Waals surface area contributed by atoms with Crippen LogP contribution in [0.3, 0.4) is 0 Å². The second kappa shape index (κ2) is 7.72. The molecule has 0 atom stereocenters. The van der Waals surface area contributed by atoms with Gasteiger partial charge in [0.25, 0.3) is 11.6 Å². The number of para-hydroxylation sites is 1. The van der Waals surface area contributed by atoms with Gasteiger partial charge in [0.1, 0.15) is 12.6 Å². The molecule has 28 heavy (non-hydrogen) atoms. The highest BCUT2D eigenvalue weighted by Gasteiger charge is 2.36. The Kier molecular flexibility index (Phi) is 5.18. The number of amides is 1. The predicted octanol–water partition coefficient (Wildman–Crippen LogP) is 2.94. The van der Waals surface area contributed by atoms with E-state index in [2.05, 4.69) is 0 Å². The van der Waals surface area contributed by atoms with Crippen LogP contribution >= 0.6 is 0 Å². The molecule has 1 heterocycles. The van der Waals surface area contributed by atoms with Gasteiger partial charge >= 0.3 is 5.97 Å². The Hall–Kier alpha value is -3.99. The number of hydrogen-bond donors (Lipinski definition) is 0. The lowest BCUT2D eigenvalue weighted by molar-refractivity contribution is -0.384. The molecular formula is C20H15N3O5. The van der Waals surface area contributed by atoms with E-state index >= 15 is 0 Å². The van der Waals surface area contributed by atoms with Gasteiger partial charge in [-0.15, -0.1) is 0 Å². The highest BCUT2D eigenvalue weighted by molar-refractivity contribution is 6.39. The molecule has 2 aromatic carbocycles. The minimum atomic E-state index is -0.555. The van der Waals surface area contributed by atoms with Crippen LogP contribution in [-0.2, 0) is 14.3 Å². The fraction of sp³-hybridized carbons (Fsp3) is 0.150. The maximum atomic E-state index is 13.1. The van der Waals surface area contributed by atoms with Crippen LogP contribution in [0.1, 0.15) is 18.1 Å². The number of nitriles is 1. The van der Waals surface area contributed by atoms with Crippen LogP contribution in [0.2, 0.25) is 0 Å². The number of nitro benzene ring substituents is 1. The Morgan fingerprint density at radius 3 is 2.50 bits per heavy atom. The average molecular weight is 377 g/mol. The first kappa shape index (κ1) is 18.8. The Labute approximate surface area is 160 Å². The minimum absolute atomic E-state index is 0.0821. The van der Waals surface area contributed by atoms with Gasteiger partial charge in [-0.1, -0.05) is 18.2 Å². The predicted molar refractivity (Wildman–Crippen MR) is 101 cm³/mol. The van der Waals surface area contributed by atoms with Gasteiger partial charge in [-0.3, -0.25) is 24.6 Å². The summed E-state index contributed by atoms with van der Waals surface area (Å²) in [6.45, 7) is 1.59. The Morgan fingerprint density at radius 2 is 1.89 bits per heavy atom. The number of fused-ring (bicyclic) bond motifs is 1. The number of hydrogen-bond acceptors (Lipinski definition) is 6. The number of esters is 1. The van der Waals surface area contributed by atoms with E-state index in [1.165, 1.54) is 29.2 Å². The molecule has 0 fully saturated rings. The largest absolute Gasteiger partial charge is 0.465 e. The zero-order valence-electron chi connectivity index (χ0n) is 14.9. The van der Waals surface area contributed by atoms with Crippen LogP contribution < -0.4 is 4.90 Å². The molecule has 1 amide bonds. The highest BCUT2D eigenvalue weighted by atomic mass is 16.6. The number of anilines is 1. The molecule has 1 aliphatic heterocycles. The molecule has 140 valence electrons. The first-order chi connectivity index (χ1) is 13.5. The third-order valence-electron chi connectivity index (χ3n) is 4.24. The number of nitrogens with zero attached hydrogens (tertiary/aromatic N) is 3. The van der Waals surface area contributed by atoms with Gasteiger partial charge in [0.05, 0.1) is 28.4 Å². The van der Waals surface area contributed by atoms with Crippen molar-refractivity contribution in [2.24, 2.45) is 0 Å². The third-order valence-corrected chi connectivity index (χ3v) is 4.24. The van der Waals surface area contributed by atoms with Gasteiger partial charge in [0.2, 0.25) is 0 Å². The number of carbonyl (C=O) groups is 2. The smallest absolute Gasteiger partial charge is 0.326 e. The van der Waals surface area contributed by atoms with Gasteiger partial charge in [-0.05, 0) is 30.7 Å². The molecule has 8 heteroatoms. The lowest BCUT2D eigenvalue weighted by atomic mass is 9.96. The second-order valence-electron chi connectivity index (χ2n) is 5.88. The van der Waals surface area contributed by atoms with Crippen LogP contribution in [0.4, 0.5) is 11.4 Å². The van der Waals surface area contributed by atoms with E-state index in [0.29, 0.717) is 16.8 Å². The van der Waals surface area contributed by atoms with Gasteiger partial charge in [-0.25, -0.2) is 0 Å². The van der Waals surface area contributed by atoms with Gasteiger partial charge in [0, 0.05) is 17.7 Å². The van der Waals surface area contributed by atoms with E-state index in [-0.39, 0.29) is 30.0 Å². The number of ether oxygens (including phenoxy) is 1. The summed E-state index contributed by atoms with van der Waals surface area (Å²) in [5.41, 5.74) is 1.52. The van der Waals surface area contributed by atoms with Crippen LogP contribution in [0.15, 0.2) is 48.5 Å². The molecule has 0 saturated heterocycles. The van der Waals surface area contributed by atoms with E-state index in [1.807, 2.05) is 6.07 Å². The van der Waals surface area contributed by atoms with E-state index in [1.54, 1.807) is 31.2 Å². The summed E-state index contributed by atoms with van der Waals surface area (Å²) in [6.07, 6.45) is 0. The number of benzene rings is 2. The summed E-state index contributed by atoms with van der Waals surface area (Å²) in [6, 6.07) is 14.2. The number of non-ortho nitro benzene ring substituents is 1. The van der Waals surface area contributed by atoms with E-state index in [9.17, 15) is 25.0 Å². The summed E-state index contributed by atoms with van der Waals surface area (Å²) >= 11 is 0. The first-order valence-corrected chi connectivity index (χ1v) is 8.44. The topological polar surface area (TPSA) is 114 Å². The Morgan fingerprint density at radius 1 is 1.21 bits per heavy atom. The molecule has 2 aromatic rings. The quantitative estimate of drug-likeness (QED) is 0.260. The number of nitro groups is 1. The van der Waals surface area contributed by atoms with Crippen molar-refractivity contribution in [2.75, 3.05) is 18.1 Å². The zero-order chi connectivity index (χ0) is 20.3. The molecule has 0 N–H and O–H groups in total. The molecule has 0 aromatic heterocycles.